The zero-order chi connectivity index (χ0) is 13.1. The van der Waals surface area contributed by atoms with Crippen LogP contribution in [0.2, 0.25) is 0 Å². The molecule has 1 N–H and O–H groups in total. The topological polar surface area (TPSA) is 91.8 Å². The number of rotatable bonds is 6. The van der Waals surface area contributed by atoms with Gasteiger partial charge < -0.3 is 10.0 Å². The van der Waals surface area contributed by atoms with E-state index in [9.17, 15) is 18.0 Å². The molecule has 1 aliphatic heterocycles. The lowest BCUT2D eigenvalue weighted by atomic mass is 10.1. The summed E-state index contributed by atoms with van der Waals surface area (Å²) in [5.74, 6) is -1.68. The molecule has 1 atom stereocenters. The van der Waals surface area contributed by atoms with E-state index in [1.54, 1.807) is 6.92 Å². The third-order valence-corrected chi connectivity index (χ3v) is 4.68. The van der Waals surface area contributed by atoms with Crippen LogP contribution in [0.1, 0.15) is 19.8 Å². The van der Waals surface area contributed by atoms with Crippen molar-refractivity contribution in [1.29, 1.82) is 0 Å². The molecule has 0 aromatic heterocycles. The van der Waals surface area contributed by atoms with Crippen molar-refractivity contribution in [2.24, 2.45) is 5.92 Å². The fourth-order valence-electron chi connectivity index (χ4n) is 1.77. The second-order valence-electron chi connectivity index (χ2n) is 4.17. The number of hydrogen-bond donors (Lipinski definition) is 1. The van der Waals surface area contributed by atoms with Crippen molar-refractivity contribution in [3.05, 3.63) is 0 Å². The number of carbonyl (C=O) groups is 2. The molecule has 0 radical (unpaired) electrons. The Labute approximate surface area is 101 Å². The maximum atomic E-state index is 11.4. The van der Waals surface area contributed by atoms with Gasteiger partial charge in [0, 0.05) is 25.3 Å². The Balaban J connectivity index is 2.39. The minimum Gasteiger partial charge on any atom is -0.481 e. The maximum Gasteiger partial charge on any atom is 0.308 e. The van der Waals surface area contributed by atoms with Crippen LogP contribution in [0.25, 0.3) is 0 Å². The van der Waals surface area contributed by atoms with Crippen molar-refractivity contribution >= 4 is 21.7 Å². The van der Waals surface area contributed by atoms with E-state index in [1.807, 2.05) is 0 Å². The average Bonchev–Trinajstić information content (AvgIpc) is 2.60. The van der Waals surface area contributed by atoms with Crippen LogP contribution >= 0.6 is 0 Å². The summed E-state index contributed by atoms with van der Waals surface area (Å²) >= 11 is 0. The number of nitrogens with zero attached hydrogens (tertiary/aromatic N) is 1. The number of carboxylic acid groups (broad SMARTS) is 1. The number of hydrogen-bond acceptors (Lipinski definition) is 4. The molecule has 1 rings (SSSR count). The van der Waals surface area contributed by atoms with Gasteiger partial charge >= 0.3 is 5.97 Å². The van der Waals surface area contributed by atoms with E-state index in [-0.39, 0.29) is 30.4 Å². The number of carboxylic acids is 1. The van der Waals surface area contributed by atoms with E-state index in [4.69, 9.17) is 5.11 Å². The van der Waals surface area contributed by atoms with Gasteiger partial charge in [0.2, 0.25) is 5.91 Å². The fourth-order valence-corrected chi connectivity index (χ4v) is 2.63. The Morgan fingerprint density at radius 2 is 2.18 bits per heavy atom. The zero-order valence-corrected chi connectivity index (χ0v) is 10.6. The first-order valence-electron chi connectivity index (χ1n) is 5.56. The lowest BCUT2D eigenvalue weighted by molar-refractivity contribution is -0.141. The molecule has 0 spiro atoms. The monoisotopic (exact) mass is 263 g/mol. The van der Waals surface area contributed by atoms with Crippen LogP contribution in [0.3, 0.4) is 0 Å². The smallest absolute Gasteiger partial charge is 0.308 e. The van der Waals surface area contributed by atoms with Crippen LogP contribution < -0.4 is 0 Å². The third kappa shape index (κ3) is 3.99. The van der Waals surface area contributed by atoms with E-state index in [0.717, 1.165) is 0 Å². The molecule has 1 aliphatic rings. The largest absolute Gasteiger partial charge is 0.481 e. The molecule has 1 unspecified atom stereocenters. The van der Waals surface area contributed by atoms with Crippen molar-refractivity contribution in [1.82, 2.24) is 4.90 Å². The van der Waals surface area contributed by atoms with Crippen molar-refractivity contribution in [2.45, 2.75) is 19.8 Å². The molecule has 1 fully saturated rings. The number of amides is 1. The van der Waals surface area contributed by atoms with Gasteiger partial charge in [-0.05, 0) is 6.42 Å². The molecular formula is C10H17NO5S. The second-order valence-corrected chi connectivity index (χ2v) is 6.64. The zero-order valence-electron chi connectivity index (χ0n) is 9.76. The van der Waals surface area contributed by atoms with Crippen LogP contribution in [-0.4, -0.2) is 54.9 Å². The van der Waals surface area contributed by atoms with Gasteiger partial charge in [0.25, 0.3) is 0 Å². The predicted molar refractivity (Wildman–Crippen MR) is 61.3 cm³/mol. The molecule has 0 saturated carbocycles. The molecule has 0 aromatic rings. The molecular weight excluding hydrogens is 246 g/mol. The summed E-state index contributed by atoms with van der Waals surface area (Å²) < 4.78 is 22.5. The Morgan fingerprint density at radius 1 is 1.53 bits per heavy atom. The average molecular weight is 263 g/mol. The van der Waals surface area contributed by atoms with Gasteiger partial charge in [0.1, 0.15) is 9.84 Å². The van der Waals surface area contributed by atoms with Gasteiger partial charge in [0.05, 0.1) is 11.7 Å². The van der Waals surface area contributed by atoms with E-state index < -0.39 is 21.7 Å². The Hall–Kier alpha value is -1.11. The van der Waals surface area contributed by atoms with Crippen LogP contribution in [0.15, 0.2) is 0 Å². The summed E-state index contributed by atoms with van der Waals surface area (Å²) in [6, 6.07) is 0. The highest BCUT2D eigenvalue weighted by Gasteiger charge is 2.33. The van der Waals surface area contributed by atoms with Gasteiger partial charge in [0.15, 0.2) is 0 Å². The van der Waals surface area contributed by atoms with Gasteiger partial charge in [-0.3, -0.25) is 9.59 Å². The van der Waals surface area contributed by atoms with E-state index in [0.29, 0.717) is 13.0 Å². The standard InChI is InChI=1S/C10H17NO5S/c1-2-17(15,16)5-3-4-11-7-8(10(13)14)6-9(11)12/h8H,2-7H2,1H3,(H,13,14). The molecule has 1 saturated heterocycles. The molecule has 6 nitrogen and oxygen atoms in total. The van der Waals surface area contributed by atoms with E-state index in [1.165, 1.54) is 4.90 Å². The quantitative estimate of drug-likeness (QED) is 0.713. The lowest BCUT2D eigenvalue weighted by Crippen LogP contribution is -2.28. The third-order valence-electron chi connectivity index (χ3n) is 2.89. The molecule has 0 aromatic carbocycles. The minimum atomic E-state index is -3.01. The Bertz CT molecular complexity index is 403. The number of likely N-dealkylation sites (tertiary alicyclic amines) is 1. The van der Waals surface area contributed by atoms with Crippen molar-refractivity contribution in [3.8, 4) is 0 Å². The highest BCUT2D eigenvalue weighted by atomic mass is 32.2. The van der Waals surface area contributed by atoms with Crippen LogP contribution in [-0.2, 0) is 19.4 Å². The maximum absolute atomic E-state index is 11.4. The second kappa shape index (κ2) is 5.48. The first-order chi connectivity index (χ1) is 7.85. The summed E-state index contributed by atoms with van der Waals surface area (Å²) in [6.07, 6.45) is 0.393. The fraction of sp³-hybridized carbons (Fsp3) is 0.800. The highest BCUT2D eigenvalue weighted by Crippen LogP contribution is 2.18. The number of aliphatic carboxylic acids is 1. The molecule has 7 heteroatoms. The Morgan fingerprint density at radius 3 is 2.65 bits per heavy atom. The summed E-state index contributed by atoms with van der Waals surface area (Å²) in [5, 5.41) is 8.77. The normalized spacial score (nSPS) is 20.9. The highest BCUT2D eigenvalue weighted by molar-refractivity contribution is 7.91. The number of sulfone groups is 1. The molecule has 98 valence electrons. The summed E-state index contributed by atoms with van der Waals surface area (Å²) in [6.45, 7) is 2.10. The van der Waals surface area contributed by atoms with Gasteiger partial charge in [-0.2, -0.15) is 0 Å². The van der Waals surface area contributed by atoms with Gasteiger partial charge in [-0.15, -0.1) is 0 Å². The summed E-state index contributed by atoms with van der Waals surface area (Å²) in [5.41, 5.74) is 0. The summed E-state index contributed by atoms with van der Waals surface area (Å²) in [7, 11) is -3.01. The van der Waals surface area contributed by atoms with Crippen molar-refractivity contribution in [3.63, 3.8) is 0 Å². The molecule has 0 aliphatic carbocycles. The van der Waals surface area contributed by atoms with E-state index >= 15 is 0 Å². The van der Waals surface area contributed by atoms with Gasteiger partial charge in [-0.1, -0.05) is 6.92 Å². The first-order valence-corrected chi connectivity index (χ1v) is 7.39. The lowest BCUT2D eigenvalue weighted by Gasteiger charge is -2.15. The van der Waals surface area contributed by atoms with Crippen LogP contribution in [0.5, 0.6) is 0 Å². The predicted octanol–water partition coefficient (Wildman–Crippen LogP) is -0.256. The van der Waals surface area contributed by atoms with E-state index in [2.05, 4.69) is 0 Å². The SMILES string of the molecule is CCS(=O)(=O)CCCN1CC(C(=O)O)CC1=O. The molecule has 0 bridgehead atoms. The van der Waals surface area contributed by atoms with Crippen molar-refractivity contribution in [2.75, 3.05) is 24.6 Å². The van der Waals surface area contributed by atoms with Crippen LogP contribution in [0, 0.1) is 5.92 Å². The molecule has 1 amide bonds. The van der Waals surface area contributed by atoms with Crippen LogP contribution in [0.4, 0.5) is 0 Å². The first kappa shape index (κ1) is 14.0. The van der Waals surface area contributed by atoms with Crippen molar-refractivity contribution < 1.29 is 23.1 Å². The molecule has 1 heterocycles. The minimum absolute atomic E-state index is 0.0237. The summed E-state index contributed by atoms with van der Waals surface area (Å²) in [4.78, 5) is 23.6. The number of carbonyl (C=O) groups excluding carboxylic acids is 1. The van der Waals surface area contributed by atoms with Gasteiger partial charge in [-0.25, -0.2) is 8.42 Å². The Kier molecular flexibility index (Phi) is 4.50. The molecule has 17 heavy (non-hydrogen) atoms.